The summed E-state index contributed by atoms with van der Waals surface area (Å²) in [5.74, 6) is 0. The third-order valence-corrected chi connectivity index (χ3v) is 4.76. The second kappa shape index (κ2) is 5.97. The summed E-state index contributed by atoms with van der Waals surface area (Å²) in [6.07, 6.45) is 3.49. The van der Waals surface area contributed by atoms with E-state index in [-0.39, 0.29) is 26.2 Å². The first-order chi connectivity index (χ1) is 9.50. The molecule has 0 spiro atoms. The summed E-state index contributed by atoms with van der Waals surface area (Å²) < 4.78 is 22.5. The predicted octanol–water partition coefficient (Wildman–Crippen LogP) is 1.75. The van der Waals surface area contributed by atoms with Gasteiger partial charge in [0.05, 0.1) is 0 Å². The molecule has 0 amide bonds. The van der Waals surface area contributed by atoms with Gasteiger partial charge in [0.15, 0.2) is 0 Å². The Kier molecular flexibility index (Phi) is 4.49. The van der Waals surface area contributed by atoms with E-state index in [4.69, 9.17) is 9.05 Å². The Bertz CT molecular complexity index is 512. The first kappa shape index (κ1) is 15.1. The molecule has 110 valence electrons. The molecule has 1 aromatic heterocycles. The van der Waals surface area contributed by atoms with Crippen molar-refractivity contribution < 1.29 is 18.5 Å². The summed E-state index contributed by atoms with van der Waals surface area (Å²) in [5.41, 5.74) is -0.448. The molecule has 0 unspecified atom stereocenters. The van der Waals surface area contributed by atoms with E-state index in [1.54, 1.807) is 31.5 Å². The van der Waals surface area contributed by atoms with E-state index >= 15 is 0 Å². The maximum Gasteiger partial charge on any atom is 0.406 e. The molecule has 20 heavy (non-hydrogen) atoms. The lowest BCUT2D eigenvalue weighted by Crippen LogP contribution is -2.49. The number of nitro groups is 1. The van der Waals surface area contributed by atoms with Gasteiger partial charge < -0.3 is 0 Å². The second-order valence-corrected chi connectivity index (χ2v) is 6.40. The molecular weight excluding hydrogens is 285 g/mol. The van der Waals surface area contributed by atoms with Crippen molar-refractivity contribution in [3.8, 4) is 0 Å². The monoisotopic (exact) mass is 301 g/mol. The summed E-state index contributed by atoms with van der Waals surface area (Å²) in [7, 11) is -3.49. The molecule has 1 saturated heterocycles. The first-order valence-corrected chi connectivity index (χ1v) is 7.72. The van der Waals surface area contributed by atoms with Crippen LogP contribution in [0.5, 0.6) is 0 Å². The zero-order valence-corrected chi connectivity index (χ0v) is 11.9. The van der Waals surface area contributed by atoms with Crippen LogP contribution in [0, 0.1) is 10.1 Å². The predicted molar refractivity (Wildman–Crippen MR) is 70.6 cm³/mol. The second-order valence-electron chi connectivity index (χ2n) is 4.57. The molecule has 1 aromatic rings. The third-order valence-electron chi connectivity index (χ3n) is 3.28. The molecule has 9 heteroatoms. The Morgan fingerprint density at radius 3 is 2.55 bits per heavy atom. The molecule has 2 rings (SSSR count). The highest BCUT2D eigenvalue weighted by atomic mass is 31.2. The van der Waals surface area contributed by atoms with Gasteiger partial charge in [-0.1, -0.05) is 6.92 Å². The van der Waals surface area contributed by atoms with Gasteiger partial charge in [0.2, 0.25) is 0 Å². The minimum Gasteiger partial charge on any atom is -0.289 e. The van der Waals surface area contributed by atoms with Crippen molar-refractivity contribution in [3.05, 3.63) is 40.2 Å². The zero-order valence-electron chi connectivity index (χ0n) is 11.0. The molecule has 0 radical (unpaired) electrons. The lowest BCUT2D eigenvalue weighted by atomic mass is 10.0. The fourth-order valence-corrected chi connectivity index (χ4v) is 3.16. The van der Waals surface area contributed by atoms with Crippen LogP contribution in [0.3, 0.4) is 0 Å². The number of hydrogen-bond acceptors (Lipinski definition) is 6. The molecule has 0 atom stereocenters. The van der Waals surface area contributed by atoms with E-state index in [9.17, 15) is 14.7 Å². The molecule has 2 heterocycles. The number of hydrogen-bond donors (Lipinski definition) is 1. The molecular formula is C11H16N3O5P. The van der Waals surface area contributed by atoms with E-state index in [0.717, 1.165) is 5.56 Å². The van der Waals surface area contributed by atoms with Gasteiger partial charge in [0.25, 0.3) is 5.54 Å². The van der Waals surface area contributed by atoms with Crippen LogP contribution in [-0.2, 0) is 20.2 Å². The van der Waals surface area contributed by atoms with Gasteiger partial charge in [-0.25, -0.2) is 9.65 Å². The lowest BCUT2D eigenvalue weighted by Gasteiger charge is -2.32. The highest BCUT2D eigenvalue weighted by Gasteiger charge is 2.50. The van der Waals surface area contributed by atoms with Crippen LogP contribution in [0.1, 0.15) is 18.9 Å². The zero-order chi connectivity index (χ0) is 14.6. The van der Waals surface area contributed by atoms with E-state index < -0.39 is 18.2 Å². The highest BCUT2D eigenvalue weighted by molar-refractivity contribution is 7.51. The van der Waals surface area contributed by atoms with Crippen LogP contribution in [0.25, 0.3) is 0 Å². The van der Waals surface area contributed by atoms with Gasteiger partial charge in [0, 0.05) is 30.3 Å². The van der Waals surface area contributed by atoms with Gasteiger partial charge >= 0.3 is 7.75 Å². The van der Waals surface area contributed by atoms with Gasteiger partial charge in [-0.15, -0.1) is 0 Å². The SMILES string of the molecule is CCC1([N+](=O)[O-])COP(=O)(NCc2ccncc2)OC1. The molecule has 0 aliphatic carbocycles. The van der Waals surface area contributed by atoms with Crippen molar-refractivity contribution in [1.29, 1.82) is 0 Å². The van der Waals surface area contributed by atoms with E-state index in [0.29, 0.717) is 0 Å². The molecule has 0 aromatic carbocycles. The van der Waals surface area contributed by atoms with Gasteiger partial charge in [-0.2, -0.15) is 0 Å². The number of pyridine rings is 1. The summed E-state index contributed by atoms with van der Waals surface area (Å²) in [5, 5.41) is 13.7. The summed E-state index contributed by atoms with van der Waals surface area (Å²) in [6.45, 7) is 1.50. The molecule has 8 nitrogen and oxygen atoms in total. The molecule has 1 fully saturated rings. The minimum atomic E-state index is -3.49. The van der Waals surface area contributed by atoms with E-state index in [1.807, 2.05) is 0 Å². The Morgan fingerprint density at radius 2 is 2.05 bits per heavy atom. The van der Waals surface area contributed by atoms with Crippen molar-refractivity contribution >= 4 is 7.75 Å². The lowest BCUT2D eigenvalue weighted by molar-refractivity contribution is -0.578. The van der Waals surface area contributed by atoms with Gasteiger partial charge in [-0.05, 0) is 17.7 Å². The quantitative estimate of drug-likeness (QED) is 0.502. The van der Waals surface area contributed by atoms with Crippen molar-refractivity contribution in [2.75, 3.05) is 13.2 Å². The normalized spacial score (nSPS) is 30.1. The fourth-order valence-electron chi connectivity index (χ4n) is 1.71. The Labute approximate surface area is 116 Å². The van der Waals surface area contributed by atoms with Crippen molar-refractivity contribution in [2.24, 2.45) is 0 Å². The van der Waals surface area contributed by atoms with E-state index in [1.165, 1.54) is 0 Å². The van der Waals surface area contributed by atoms with E-state index in [2.05, 4.69) is 10.1 Å². The van der Waals surface area contributed by atoms with Crippen LogP contribution in [0.2, 0.25) is 0 Å². The van der Waals surface area contributed by atoms with Gasteiger partial charge in [0.1, 0.15) is 13.2 Å². The number of rotatable bonds is 5. The number of nitrogens with one attached hydrogen (secondary N) is 1. The average molecular weight is 301 g/mol. The maximum atomic E-state index is 12.2. The largest absolute Gasteiger partial charge is 0.406 e. The first-order valence-electron chi connectivity index (χ1n) is 6.17. The van der Waals surface area contributed by atoms with Crippen LogP contribution in [-0.4, -0.2) is 28.7 Å². The highest BCUT2D eigenvalue weighted by Crippen LogP contribution is 2.49. The fraction of sp³-hybridized carbons (Fsp3) is 0.545. The molecule has 1 aliphatic heterocycles. The Morgan fingerprint density at radius 1 is 1.45 bits per heavy atom. The third kappa shape index (κ3) is 3.21. The van der Waals surface area contributed by atoms with Crippen molar-refractivity contribution in [3.63, 3.8) is 0 Å². The number of nitrogens with zero attached hydrogens (tertiary/aromatic N) is 2. The van der Waals surface area contributed by atoms with Crippen LogP contribution < -0.4 is 5.09 Å². The summed E-state index contributed by atoms with van der Waals surface area (Å²) in [6, 6.07) is 3.52. The molecule has 0 bridgehead atoms. The Balaban J connectivity index is 1.95. The van der Waals surface area contributed by atoms with Crippen LogP contribution >= 0.6 is 7.75 Å². The van der Waals surface area contributed by atoms with Crippen molar-refractivity contribution in [2.45, 2.75) is 25.4 Å². The summed E-state index contributed by atoms with van der Waals surface area (Å²) >= 11 is 0. The van der Waals surface area contributed by atoms with Crippen molar-refractivity contribution in [1.82, 2.24) is 10.1 Å². The minimum absolute atomic E-state index is 0.225. The topological polar surface area (TPSA) is 104 Å². The Hall–Kier alpha value is -1.34. The average Bonchev–Trinajstić information content (AvgIpc) is 2.47. The van der Waals surface area contributed by atoms with Crippen LogP contribution in [0.15, 0.2) is 24.5 Å². The molecule has 1 aliphatic rings. The maximum absolute atomic E-state index is 12.2. The number of aromatic nitrogens is 1. The molecule has 1 N–H and O–H groups in total. The summed E-state index contributed by atoms with van der Waals surface area (Å²) in [4.78, 5) is 14.5. The van der Waals surface area contributed by atoms with Gasteiger partial charge in [-0.3, -0.25) is 24.1 Å². The molecule has 0 saturated carbocycles. The smallest absolute Gasteiger partial charge is 0.289 e. The van der Waals surface area contributed by atoms with Crippen LogP contribution in [0.4, 0.5) is 0 Å². The standard InChI is InChI=1S/C11H16N3O5P/c1-2-11(14(15)16)8-18-20(17,19-9-11)13-7-10-3-5-12-6-4-10/h3-6H,2,7-9H2,1H3,(H,13,17).